The minimum Gasteiger partial charge on any atom is -0.379 e. The van der Waals surface area contributed by atoms with Gasteiger partial charge in [-0.05, 0) is 13.8 Å². The minimum absolute atomic E-state index is 0.0825. The second-order valence-corrected chi connectivity index (χ2v) is 5.66. The molecule has 1 rings (SSSR count). The van der Waals surface area contributed by atoms with Crippen LogP contribution in [0.4, 0.5) is 0 Å². The van der Waals surface area contributed by atoms with E-state index in [4.69, 9.17) is 4.74 Å². The molecule has 0 aliphatic carbocycles. The quantitative estimate of drug-likeness (QED) is 0.645. The zero-order valence-electron chi connectivity index (χ0n) is 9.90. The Labute approximate surface area is 97.5 Å². The summed E-state index contributed by atoms with van der Waals surface area (Å²) in [6.45, 7) is 7.96. The van der Waals surface area contributed by atoms with Crippen molar-refractivity contribution >= 4 is 10.2 Å². The first kappa shape index (κ1) is 13.9. The number of nitrogens with zero attached hydrogens (tertiary/aromatic N) is 1. The molecule has 1 aliphatic rings. The highest BCUT2D eigenvalue weighted by Gasteiger charge is 2.13. The number of ether oxygens (including phenoxy) is 1. The summed E-state index contributed by atoms with van der Waals surface area (Å²) in [6, 6.07) is -0.0825. The van der Waals surface area contributed by atoms with Gasteiger partial charge in [-0.15, -0.1) is 0 Å². The van der Waals surface area contributed by atoms with Gasteiger partial charge in [0.1, 0.15) is 0 Å². The van der Waals surface area contributed by atoms with Gasteiger partial charge < -0.3 is 4.74 Å². The second kappa shape index (κ2) is 6.51. The van der Waals surface area contributed by atoms with Crippen LogP contribution in [-0.2, 0) is 14.9 Å². The van der Waals surface area contributed by atoms with Crippen LogP contribution in [0.3, 0.4) is 0 Å². The first-order chi connectivity index (χ1) is 7.49. The molecule has 1 aliphatic heterocycles. The zero-order valence-corrected chi connectivity index (χ0v) is 10.7. The lowest BCUT2D eigenvalue weighted by molar-refractivity contribution is 0.0390. The predicted octanol–water partition coefficient (Wildman–Crippen LogP) is -0.849. The van der Waals surface area contributed by atoms with E-state index < -0.39 is 10.2 Å². The Bertz CT molecular complexity index is 286. The molecular weight excluding hydrogens is 230 g/mol. The van der Waals surface area contributed by atoms with Crippen molar-refractivity contribution in [2.45, 2.75) is 19.9 Å². The van der Waals surface area contributed by atoms with Crippen molar-refractivity contribution < 1.29 is 13.2 Å². The summed E-state index contributed by atoms with van der Waals surface area (Å²) in [7, 11) is -3.34. The van der Waals surface area contributed by atoms with Gasteiger partial charge in [-0.2, -0.15) is 13.1 Å². The third kappa shape index (κ3) is 5.76. The van der Waals surface area contributed by atoms with Gasteiger partial charge in [0, 0.05) is 32.2 Å². The third-order valence-electron chi connectivity index (χ3n) is 2.21. The molecule has 1 heterocycles. The van der Waals surface area contributed by atoms with Crippen LogP contribution < -0.4 is 9.44 Å². The van der Waals surface area contributed by atoms with E-state index in [9.17, 15) is 8.42 Å². The average Bonchev–Trinajstić information content (AvgIpc) is 2.16. The third-order valence-corrected chi connectivity index (χ3v) is 3.58. The standard InChI is InChI=1S/C9H21N3O3S/c1-9(2)11-16(13,14)10-3-4-12-5-7-15-8-6-12/h9-11H,3-8H2,1-2H3. The van der Waals surface area contributed by atoms with Crippen molar-refractivity contribution in [1.82, 2.24) is 14.3 Å². The van der Waals surface area contributed by atoms with Crippen molar-refractivity contribution in [1.29, 1.82) is 0 Å². The lowest BCUT2D eigenvalue weighted by atomic mass is 10.4. The molecule has 16 heavy (non-hydrogen) atoms. The molecule has 0 saturated carbocycles. The summed E-state index contributed by atoms with van der Waals surface area (Å²) in [5.74, 6) is 0. The molecule has 0 unspecified atom stereocenters. The first-order valence-corrected chi connectivity index (χ1v) is 7.05. The van der Waals surface area contributed by atoms with Gasteiger partial charge in [0.2, 0.25) is 0 Å². The molecule has 0 atom stereocenters. The molecule has 0 aromatic rings. The second-order valence-electron chi connectivity index (χ2n) is 4.12. The van der Waals surface area contributed by atoms with E-state index in [1.165, 1.54) is 0 Å². The maximum atomic E-state index is 11.4. The highest BCUT2D eigenvalue weighted by molar-refractivity contribution is 7.87. The molecule has 2 N–H and O–H groups in total. The van der Waals surface area contributed by atoms with E-state index in [0.717, 1.165) is 32.8 Å². The maximum Gasteiger partial charge on any atom is 0.277 e. The molecule has 6 nitrogen and oxygen atoms in total. The average molecular weight is 251 g/mol. The Hall–Kier alpha value is -0.210. The van der Waals surface area contributed by atoms with E-state index in [0.29, 0.717) is 6.54 Å². The Morgan fingerprint density at radius 3 is 2.50 bits per heavy atom. The highest BCUT2D eigenvalue weighted by Crippen LogP contribution is 1.95. The summed E-state index contributed by atoms with van der Waals surface area (Å²) in [4.78, 5) is 2.18. The monoisotopic (exact) mass is 251 g/mol. The molecule has 0 amide bonds. The molecule has 0 spiro atoms. The molecule has 0 radical (unpaired) electrons. The predicted molar refractivity (Wildman–Crippen MR) is 62.5 cm³/mol. The van der Waals surface area contributed by atoms with Crippen molar-refractivity contribution in [3.8, 4) is 0 Å². The molecule has 1 saturated heterocycles. The summed E-state index contributed by atoms with van der Waals surface area (Å²) in [5.41, 5.74) is 0. The number of nitrogens with one attached hydrogen (secondary N) is 2. The topological polar surface area (TPSA) is 70.7 Å². The molecule has 7 heteroatoms. The fourth-order valence-electron chi connectivity index (χ4n) is 1.51. The molecule has 96 valence electrons. The maximum absolute atomic E-state index is 11.4. The van der Waals surface area contributed by atoms with Crippen molar-refractivity contribution in [2.75, 3.05) is 39.4 Å². The Morgan fingerprint density at radius 1 is 1.31 bits per heavy atom. The van der Waals surface area contributed by atoms with E-state index in [-0.39, 0.29) is 6.04 Å². The molecule has 0 aromatic heterocycles. The van der Waals surface area contributed by atoms with Crippen molar-refractivity contribution in [2.24, 2.45) is 0 Å². The van der Waals surface area contributed by atoms with Crippen LogP contribution in [0.1, 0.15) is 13.8 Å². The highest BCUT2D eigenvalue weighted by atomic mass is 32.2. The molecule has 0 aromatic carbocycles. The summed E-state index contributed by atoms with van der Waals surface area (Å²) >= 11 is 0. The Balaban J connectivity index is 2.18. The molecular formula is C9H21N3O3S. The van der Waals surface area contributed by atoms with Gasteiger partial charge in [0.25, 0.3) is 10.2 Å². The van der Waals surface area contributed by atoms with E-state index >= 15 is 0 Å². The largest absolute Gasteiger partial charge is 0.379 e. The SMILES string of the molecule is CC(C)NS(=O)(=O)NCCN1CCOCC1. The molecule has 1 fully saturated rings. The van der Waals surface area contributed by atoms with Crippen LogP contribution in [0.2, 0.25) is 0 Å². The van der Waals surface area contributed by atoms with Crippen molar-refractivity contribution in [3.05, 3.63) is 0 Å². The Kier molecular flexibility index (Phi) is 5.63. The summed E-state index contributed by atoms with van der Waals surface area (Å²) in [6.07, 6.45) is 0. The number of morpholine rings is 1. The van der Waals surface area contributed by atoms with E-state index in [2.05, 4.69) is 14.3 Å². The Morgan fingerprint density at radius 2 is 1.94 bits per heavy atom. The normalized spacial score (nSPS) is 19.2. The van der Waals surface area contributed by atoms with Gasteiger partial charge in [-0.25, -0.2) is 4.72 Å². The van der Waals surface area contributed by atoms with Gasteiger partial charge in [0.15, 0.2) is 0 Å². The lowest BCUT2D eigenvalue weighted by Crippen LogP contribution is -2.45. The summed E-state index contributed by atoms with van der Waals surface area (Å²) < 4.78 is 33.0. The van der Waals surface area contributed by atoms with E-state index in [1.54, 1.807) is 13.8 Å². The molecule has 0 bridgehead atoms. The van der Waals surface area contributed by atoms with Gasteiger partial charge in [0.05, 0.1) is 13.2 Å². The summed E-state index contributed by atoms with van der Waals surface area (Å²) in [5, 5.41) is 0. The van der Waals surface area contributed by atoms with Crippen molar-refractivity contribution in [3.63, 3.8) is 0 Å². The number of rotatable bonds is 6. The van der Waals surface area contributed by atoms with Crippen LogP contribution in [0.15, 0.2) is 0 Å². The first-order valence-electron chi connectivity index (χ1n) is 5.56. The smallest absolute Gasteiger partial charge is 0.277 e. The van der Waals surface area contributed by atoms with Crippen LogP contribution in [0.5, 0.6) is 0 Å². The van der Waals surface area contributed by atoms with Crippen LogP contribution >= 0.6 is 0 Å². The van der Waals surface area contributed by atoms with Gasteiger partial charge >= 0.3 is 0 Å². The van der Waals surface area contributed by atoms with Crippen LogP contribution in [0.25, 0.3) is 0 Å². The fraction of sp³-hybridized carbons (Fsp3) is 1.00. The van der Waals surface area contributed by atoms with Gasteiger partial charge in [-0.1, -0.05) is 0 Å². The van der Waals surface area contributed by atoms with Gasteiger partial charge in [-0.3, -0.25) is 4.90 Å². The van der Waals surface area contributed by atoms with E-state index in [1.807, 2.05) is 0 Å². The number of hydrogen-bond acceptors (Lipinski definition) is 4. The lowest BCUT2D eigenvalue weighted by Gasteiger charge is -2.26. The zero-order chi connectivity index (χ0) is 12.0. The minimum atomic E-state index is -3.34. The van der Waals surface area contributed by atoms with Crippen LogP contribution in [0, 0.1) is 0 Å². The van der Waals surface area contributed by atoms with Crippen LogP contribution in [-0.4, -0.2) is 58.8 Å². The fourth-order valence-corrected chi connectivity index (χ4v) is 2.58. The number of hydrogen-bond donors (Lipinski definition) is 2.